The van der Waals surface area contributed by atoms with E-state index in [4.69, 9.17) is 10.5 Å². The zero-order valence-electron chi connectivity index (χ0n) is 9.97. The van der Waals surface area contributed by atoms with E-state index >= 15 is 0 Å². The van der Waals surface area contributed by atoms with E-state index in [2.05, 4.69) is 9.97 Å². The summed E-state index contributed by atoms with van der Waals surface area (Å²) in [6.45, 7) is 0. The lowest BCUT2D eigenvalue weighted by Gasteiger charge is -1.98. The molecule has 90 valence electrons. The second-order valence-corrected chi connectivity index (χ2v) is 4.07. The molecule has 0 aliphatic carbocycles. The van der Waals surface area contributed by atoms with Gasteiger partial charge in [0.1, 0.15) is 17.1 Å². The molecule has 4 nitrogen and oxygen atoms in total. The summed E-state index contributed by atoms with van der Waals surface area (Å²) >= 11 is 0. The van der Waals surface area contributed by atoms with Gasteiger partial charge in [0.05, 0.1) is 12.6 Å². The summed E-state index contributed by atoms with van der Waals surface area (Å²) in [6, 6.07) is 13.4. The molecule has 3 N–H and O–H groups in total. The first kappa shape index (κ1) is 10.7. The highest BCUT2D eigenvalue weighted by molar-refractivity contribution is 5.85. The van der Waals surface area contributed by atoms with Gasteiger partial charge in [-0.25, -0.2) is 4.98 Å². The molecule has 0 aliphatic heterocycles. The van der Waals surface area contributed by atoms with Crippen LogP contribution in [0.5, 0.6) is 5.75 Å². The molecule has 0 saturated carbocycles. The van der Waals surface area contributed by atoms with Crippen molar-refractivity contribution >= 4 is 16.7 Å². The molecule has 4 heteroatoms. The first-order chi connectivity index (χ1) is 8.78. The number of para-hydroxylation sites is 1. The number of anilines is 1. The number of imidazole rings is 1. The summed E-state index contributed by atoms with van der Waals surface area (Å²) in [6.07, 6.45) is 0. The van der Waals surface area contributed by atoms with E-state index in [1.165, 1.54) is 0 Å². The third kappa shape index (κ3) is 1.68. The highest BCUT2D eigenvalue weighted by atomic mass is 16.5. The molecule has 1 aromatic heterocycles. The average molecular weight is 239 g/mol. The predicted molar refractivity (Wildman–Crippen MR) is 72.5 cm³/mol. The van der Waals surface area contributed by atoms with E-state index in [-0.39, 0.29) is 0 Å². The van der Waals surface area contributed by atoms with Gasteiger partial charge in [0.2, 0.25) is 0 Å². The van der Waals surface area contributed by atoms with Crippen molar-refractivity contribution in [1.82, 2.24) is 9.97 Å². The second kappa shape index (κ2) is 4.07. The van der Waals surface area contributed by atoms with Crippen molar-refractivity contribution < 1.29 is 4.74 Å². The molecule has 2 aromatic carbocycles. The largest absolute Gasteiger partial charge is 0.494 e. The Bertz CT molecular complexity index is 703. The van der Waals surface area contributed by atoms with Crippen LogP contribution in [-0.2, 0) is 0 Å². The minimum absolute atomic E-state index is 0.722. The number of hydrogen-bond acceptors (Lipinski definition) is 3. The Morgan fingerprint density at radius 2 is 2.00 bits per heavy atom. The summed E-state index contributed by atoms with van der Waals surface area (Å²) in [5.74, 6) is 1.56. The van der Waals surface area contributed by atoms with Gasteiger partial charge in [0.15, 0.2) is 0 Å². The Morgan fingerprint density at radius 1 is 1.17 bits per heavy atom. The molecule has 0 bridgehead atoms. The molecule has 0 unspecified atom stereocenters. The van der Waals surface area contributed by atoms with Gasteiger partial charge in [-0.15, -0.1) is 0 Å². The van der Waals surface area contributed by atoms with Crippen molar-refractivity contribution in [1.29, 1.82) is 0 Å². The van der Waals surface area contributed by atoms with Crippen LogP contribution in [0.2, 0.25) is 0 Å². The van der Waals surface area contributed by atoms with Crippen LogP contribution in [0.4, 0.5) is 5.69 Å². The SMILES string of the molecule is COc1cccc2[nH]c(-c3cccc(N)c3)nc12. The van der Waals surface area contributed by atoms with E-state index in [1.54, 1.807) is 7.11 Å². The van der Waals surface area contributed by atoms with E-state index in [0.29, 0.717) is 0 Å². The molecule has 0 spiro atoms. The highest BCUT2D eigenvalue weighted by Gasteiger charge is 2.08. The molecule has 0 atom stereocenters. The van der Waals surface area contributed by atoms with Crippen LogP contribution in [0.25, 0.3) is 22.4 Å². The van der Waals surface area contributed by atoms with Gasteiger partial charge in [-0.2, -0.15) is 0 Å². The van der Waals surface area contributed by atoms with Gasteiger partial charge >= 0.3 is 0 Å². The summed E-state index contributed by atoms with van der Waals surface area (Å²) in [5.41, 5.74) is 9.25. The number of nitrogens with two attached hydrogens (primary N) is 1. The van der Waals surface area contributed by atoms with Crippen molar-refractivity contribution in [2.75, 3.05) is 12.8 Å². The van der Waals surface area contributed by atoms with Crippen LogP contribution in [0, 0.1) is 0 Å². The number of nitrogen functional groups attached to an aromatic ring is 1. The van der Waals surface area contributed by atoms with Gasteiger partial charge in [-0.3, -0.25) is 0 Å². The monoisotopic (exact) mass is 239 g/mol. The standard InChI is InChI=1S/C14H13N3O/c1-18-12-7-3-6-11-13(12)17-14(16-11)9-4-2-5-10(15)8-9/h2-8H,15H2,1H3,(H,16,17). The number of benzene rings is 2. The summed E-state index contributed by atoms with van der Waals surface area (Å²) < 4.78 is 5.29. The Balaban J connectivity index is 2.19. The molecule has 0 saturated heterocycles. The number of aromatic amines is 1. The first-order valence-corrected chi connectivity index (χ1v) is 5.66. The first-order valence-electron chi connectivity index (χ1n) is 5.66. The summed E-state index contributed by atoms with van der Waals surface area (Å²) in [4.78, 5) is 7.83. The molecule has 0 fully saturated rings. The van der Waals surface area contributed by atoms with Gasteiger partial charge < -0.3 is 15.5 Å². The maximum atomic E-state index is 5.78. The molecular weight excluding hydrogens is 226 g/mol. The molecular formula is C14H13N3O. The third-order valence-corrected chi connectivity index (χ3v) is 2.86. The number of hydrogen-bond donors (Lipinski definition) is 2. The Hall–Kier alpha value is -2.49. The quantitative estimate of drug-likeness (QED) is 0.676. The normalized spacial score (nSPS) is 10.7. The molecule has 1 heterocycles. The number of nitrogens with one attached hydrogen (secondary N) is 1. The highest BCUT2D eigenvalue weighted by Crippen LogP contribution is 2.27. The molecule has 3 rings (SSSR count). The number of nitrogens with zero attached hydrogens (tertiary/aromatic N) is 1. The van der Waals surface area contributed by atoms with Crippen molar-refractivity contribution in [3.8, 4) is 17.1 Å². The maximum absolute atomic E-state index is 5.78. The lowest BCUT2D eigenvalue weighted by Crippen LogP contribution is -1.86. The number of methoxy groups -OCH3 is 1. The third-order valence-electron chi connectivity index (χ3n) is 2.86. The zero-order chi connectivity index (χ0) is 12.5. The number of fused-ring (bicyclic) bond motifs is 1. The molecule has 3 aromatic rings. The van der Waals surface area contributed by atoms with Crippen LogP contribution in [-0.4, -0.2) is 17.1 Å². The zero-order valence-corrected chi connectivity index (χ0v) is 9.97. The van der Waals surface area contributed by atoms with Crippen LogP contribution < -0.4 is 10.5 Å². The lowest BCUT2D eigenvalue weighted by atomic mass is 10.2. The fraction of sp³-hybridized carbons (Fsp3) is 0.0714. The molecule has 0 radical (unpaired) electrons. The Labute approximate surface area is 104 Å². The van der Waals surface area contributed by atoms with Gasteiger partial charge in [0.25, 0.3) is 0 Å². The number of ether oxygens (including phenoxy) is 1. The number of aromatic nitrogens is 2. The smallest absolute Gasteiger partial charge is 0.146 e. The van der Waals surface area contributed by atoms with Gasteiger partial charge in [0, 0.05) is 11.3 Å². The predicted octanol–water partition coefficient (Wildman–Crippen LogP) is 2.82. The molecule has 0 aliphatic rings. The number of H-pyrrole nitrogens is 1. The van der Waals surface area contributed by atoms with E-state index in [1.807, 2.05) is 42.5 Å². The van der Waals surface area contributed by atoms with Gasteiger partial charge in [-0.05, 0) is 24.3 Å². The minimum Gasteiger partial charge on any atom is -0.494 e. The van der Waals surface area contributed by atoms with E-state index < -0.39 is 0 Å². The van der Waals surface area contributed by atoms with E-state index in [9.17, 15) is 0 Å². The van der Waals surface area contributed by atoms with Crippen molar-refractivity contribution in [3.05, 3.63) is 42.5 Å². The van der Waals surface area contributed by atoms with Crippen LogP contribution in [0.3, 0.4) is 0 Å². The van der Waals surface area contributed by atoms with Crippen molar-refractivity contribution in [3.63, 3.8) is 0 Å². The molecule has 18 heavy (non-hydrogen) atoms. The second-order valence-electron chi connectivity index (χ2n) is 4.07. The summed E-state index contributed by atoms with van der Waals surface area (Å²) in [5, 5.41) is 0. The maximum Gasteiger partial charge on any atom is 0.146 e. The van der Waals surface area contributed by atoms with Crippen LogP contribution in [0.15, 0.2) is 42.5 Å². The minimum atomic E-state index is 0.722. The Kier molecular flexibility index (Phi) is 2.41. The van der Waals surface area contributed by atoms with Gasteiger partial charge in [-0.1, -0.05) is 18.2 Å². The van der Waals surface area contributed by atoms with Crippen LogP contribution >= 0.6 is 0 Å². The fourth-order valence-electron chi connectivity index (χ4n) is 1.99. The fourth-order valence-corrected chi connectivity index (χ4v) is 1.99. The van der Waals surface area contributed by atoms with Crippen molar-refractivity contribution in [2.24, 2.45) is 0 Å². The lowest BCUT2D eigenvalue weighted by molar-refractivity contribution is 0.419. The topological polar surface area (TPSA) is 63.9 Å². The summed E-state index contributed by atoms with van der Waals surface area (Å²) in [7, 11) is 1.64. The molecule has 0 amide bonds. The Morgan fingerprint density at radius 3 is 2.78 bits per heavy atom. The van der Waals surface area contributed by atoms with Crippen molar-refractivity contribution in [2.45, 2.75) is 0 Å². The number of rotatable bonds is 2. The van der Waals surface area contributed by atoms with Crippen LogP contribution in [0.1, 0.15) is 0 Å². The average Bonchev–Trinajstić information content (AvgIpc) is 2.82. The van der Waals surface area contributed by atoms with E-state index in [0.717, 1.165) is 33.9 Å².